The summed E-state index contributed by atoms with van der Waals surface area (Å²) in [4.78, 5) is 24.8. The summed E-state index contributed by atoms with van der Waals surface area (Å²) in [5, 5.41) is 3.80. The first-order chi connectivity index (χ1) is 8.15. The second kappa shape index (κ2) is 4.55. The average molecular weight is 253 g/mol. The van der Waals surface area contributed by atoms with E-state index in [1.807, 2.05) is 0 Å². The van der Waals surface area contributed by atoms with Crippen molar-refractivity contribution in [3.8, 4) is 0 Å². The highest BCUT2D eigenvalue weighted by Crippen LogP contribution is 2.29. The van der Waals surface area contributed by atoms with Crippen molar-refractivity contribution in [3.63, 3.8) is 0 Å². The van der Waals surface area contributed by atoms with E-state index < -0.39 is 5.97 Å². The van der Waals surface area contributed by atoms with E-state index in [1.165, 1.54) is 6.07 Å². The number of benzene rings is 1. The molecule has 2 rings (SSSR count). The van der Waals surface area contributed by atoms with Gasteiger partial charge in [-0.25, -0.2) is 4.79 Å². The molecule has 0 fully saturated rings. The molecule has 17 heavy (non-hydrogen) atoms. The molecule has 1 N–H and O–H groups in total. The zero-order valence-corrected chi connectivity index (χ0v) is 9.75. The number of hydrogen-bond donors (Lipinski definition) is 1. The number of carbonyl (C=O) groups excluding carboxylic acids is 1. The second-order valence-corrected chi connectivity index (χ2v) is 3.79. The lowest BCUT2D eigenvalue weighted by atomic mass is 10.2. The van der Waals surface area contributed by atoms with Crippen LogP contribution in [0.2, 0.25) is 5.02 Å². The third kappa shape index (κ3) is 2.14. The van der Waals surface area contributed by atoms with Gasteiger partial charge in [0, 0.05) is 5.39 Å². The van der Waals surface area contributed by atoms with Gasteiger partial charge in [-0.1, -0.05) is 11.6 Å². The Morgan fingerprint density at radius 2 is 2.24 bits per heavy atom. The number of fused-ring (bicyclic) bond motifs is 1. The molecule has 2 aromatic rings. The monoisotopic (exact) mass is 252 g/mol. The van der Waals surface area contributed by atoms with Crippen molar-refractivity contribution >= 4 is 34.2 Å². The van der Waals surface area contributed by atoms with E-state index in [1.54, 1.807) is 19.1 Å². The van der Waals surface area contributed by atoms with Gasteiger partial charge >= 0.3 is 5.97 Å². The predicted molar refractivity (Wildman–Crippen MR) is 64.7 cm³/mol. The summed E-state index contributed by atoms with van der Waals surface area (Å²) in [5.41, 5.74) is 1.10. The largest absolute Gasteiger partial charge is 0.461 e. The Bertz CT molecular complexity index is 592. The molecular formula is C11H9ClN2O3. The molecule has 0 radical (unpaired) electrons. The van der Waals surface area contributed by atoms with Crippen LogP contribution in [-0.4, -0.2) is 17.6 Å². The molecule has 88 valence electrons. The maximum atomic E-state index is 11.5. The van der Waals surface area contributed by atoms with Crippen molar-refractivity contribution in [1.29, 1.82) is 0 Å². The summed E-state index contributed by atoms with van der Waals surface area (Å²) >= 11 is 5.95. The van der Waals surface area contributed by atoms with E-state index in [-0.39, 0.29) is 5.69 Å². The van der Waals surface area contributed by atoms with Crippen molar-refractivity contribution in [2.24, 2.45) is 5.18 Å². The van der Waals surface area contributed by atoms with Gasteiger partial charge in [-0.3, -0.25) is 0 Å². The number of esters is 1. The molecule has 0 unspecified atom stereocenters. The summed E-state index contributed by atoms with van der Waals surface area (Å²) in [5.74, 6) is -0.458. The molecule has 0 aliphatic rings. The highest BCUT2D eigenvalue weighted by atomic mass is 35.5. The zero-order chi connectivity index (χ0) is 12.4. The lowest BCUT2D eigenvalue weighted by Crippen LogP contribution is -2.04. The van der Waals surface area contributed by atoms with Crippen LogP contribution in [0, 0.1) is 4.91 Å². The fraction of sp³-hybridized carbons (Fsp3) is 0.182. The molecule has 0 amide bonds. The number of hydrogen-bond acceptors (Lipinski definition) is 4. The van der Waals surface area contributed by atoms with Crippen molar-refractivity contribution < 1.29 is 9.53 Å². The number of nitrogens with zero attached hydrogens (tertiary/aromatic N) is 1. The van der Waals surface area contributed by atoms with Crippen molar-refractivity contribution in [1.82, 2.24) is 4.98 Å². The molecule has 1 heterocycles. The molecule has 0 bridgehead atoms. The van der Waals surface area contributed by atoms with E-state index in [2.05, 4.69) is 10.2 Å². The van der Waals surface area contributed by atoms with Gasteiger partial charge in [0.1, 0.15) is 11.4 Å². The molecule has 0 saturated heterocycles. The molecule has 0 aliphatic heterocycles. The van der Waals surface area contributed by atoms with Gasteiger partial charge in [0.2, 0.25) is 0 Å². The summed E-state index contributed by atoms with van der Waals surface area (Å²) in [6, 6.07) is 4.56. The number of aromatic amines is 1. The van der Waals surface area contributed by atoms with Crippen LogP contribution in [0.25, 0.3) is 10.9 Å². The topological polar surface area (TPSA) is 71.5 Å². The Morgan fingerprint density at radius 1 is 1.47 bits per heavy atom. The van der Waals surface area contributed by atoms with Crippen LogP contribution in [0.3, 0.4) is 0 Å². The molecule has 0 aliphatic carbocycles. The minimum absolute atomic E-state index is 0.219. The Labute approximate surface area is 102 Å². The minimum atomic E-state index is -0.458. The number of halogens is 1. The summed E-state index contributed by atoms with van der Waals surface area (Å²) in [7, 11) is 0. The minimum Gasteiger partial charge on any atom is -0.461 e. The third-order valence-electron chi connectivity index (χ3n) is 2.27. The Hall–Kier alpha value is -1.88. The predicted octanol–water partition coefficient (Wildman–Crippen LogP) is 3.40. The lowest BCUT2D eigenvalue weighted by molar-refractivity contribution is 0.0520. The number of nitrogens with one attached hydrogen (secondary N) is 1. The van der Waals surface area contributed by atoms with Gasteiger partial charge in [-0.15, -0.1) is 4.91 Å². The average Bonchev–Trinajstić information content (AvgIpc) is 2.73. The molecule has 6 heteroatoms. The van der Waals surface area contributed by atoms with Gasteiger partial charge in [0.25, 0.3) is 0 Å². The number of H-pyrrole nitrogens is 1. The maximum absolute atomic E-state index is 11.5. The van der Waals surface area contributed by atoms with Crippen LogP contribution in [0.4, 0.5) is 5.69 Å². The first-order valence-corrected chi connectivity index (χ1v) is 5.36. The SMILES string of the molecule is CCOC(=O)c1cc2cc(N=O)cc(Cl)c2[nH]1. The van der Waals surface area contributed by atoms with Crippen LogP contribution in [0.5, 0.6) is 0 Å². The van der Waals surface area contributed by atoms with E-state index in [4.69, 9.17) is 16.3 Å². The summed E-state index contributed by atoms with van der Waals surface area (Å²) < 4.78 is 4.86. The molecule has 0 saturated carbocycles. The highest BCUT2D eigenvalue weighted by Gasteiger charge is 2.13. The Balaban J connectivity index is 2.53. The number of aromatic nitrogens is 1. The van der Waals surface area contributed by atoms with Crippen LogP contribution in [-0.2, 0) is 4.74 Å². The van der Waals surface area contributed by atoms with E-state index in [9.17, 15) is 9.70 Å². The zero-order valence-electron chi connectivity index (χ0n) is 8.99. The van der Waals surface area contributed by atoms with E-state index >= 15 is 0 Å². The quantitative estimate of drug-likeness (QED) is 0.672. The van der Waals surface area contributed by atoms with Gasteiger partial charge < -0.3 is 9.72 Å². The van der Waals surface area contributed by atoms with E-state index in [0.29, 0.717) is 28.2 Å². The van der Waals surface area contributed by atoms with Crippen molar-refractivity contribution in [3.05, 3.63) is 33.8 Å². The standard InChI is InChI=1S/C11H9ClN2O3/c1-2-17-11(15)9-4-6-3-7(14-16)5-8(12)10(6)13-9/h3-5,13H,2H2,1H3. The first-order valence-electron chi connectivity index (χ1n) is 4.98. The Kier molecular flexibility index (Phi) is 3.10. The fourth-order valence-corrected chi connectivity index (χ4v) is 1.82. The van der Waals surface area contributed by atoms with Crippen molar-refractivity contribution in [2.45, 2.75) is 6.92 Å². The van der Waals surface area contributed by atoms with Crippen molar-refractivity contribution in [2.75, 3.05) is 6.61 Å². The second-order valence-electron chi connectivity index (χ2n) is 3.39. The van der Waals surface area contributed by atoms with E-state index in [0.717, 1.165) is 0 Å². The molecule has 5 nitrogen and oxygen atoms in total. The van der Waals surface area contributed by atoms with Crippen LogP contribution in [0.15, 0.2) is 23.4 Å². The van der Waals surface area contributed by atoms with Crippen LogP contribution in [0.1, 0.15) is 17.4 Å². The number of nitroso groups, excluding NO2 is 1. The lowest BCUT2D eigenvalue weighted by Gasteiger charge is -1.97. The van der Waals surface area contributed by atoms with Gasteiger partial charge in [-0.05, 0) is 30.3 Å². The molecule has 1 aromatic heterocycles. The van der Waals surface area contributed by atoms with Gasteiger partial charge in [0.05, 0.1) is 17.1 Å². The fourth-order valence-electron chi connectivity index (χ4n) is 1.56. The summed E-state index contributed by atoms with van der Waals surface area (Å²) in [6.07, 6.45) is 0. The number of carbonyl (C=O) groups is 1. The van der Waals surface area contributed by atoms with Crippen LogP contribution < -0.4 is 0 Å². The third-order valence-corrected chi connectivity index (χ3v) is 2.56. The first kappa shape index (κ1) is 11.6. The summed E-state index contributed by atoms with van der Waals surface area (Å²) in [6.45, 7) is 2.02. The molecular weight excluding hydrogens is 244 g/mol. The van der Waals surface area contributed by atoms with Gasteiger partial charge in [-0.2, -0.15) is 0 Å². The Morgan fingerprint density at radius 3 is 2.88 bits per heavy atom. The number of ether oxygens (including phenoxy) is 1. The number of rotatable bonds is 3. The molecule has 0 spiro atoms. The highest BCUT2D eigenvalue weighted by molar-refractivity contribution is 6.35. The smallest absolute Gasteiger partial charge is 0.354 e. The normalized spacial score (nSPS) is 10.5. The van der Waals surface area contributed by atoms with Crippen LogP contribution >= 0.6 is 11.6 Å². The molecule has 0 atom stereocenters. The maximum Gasteiger partial charge on any atom is 0.354 e. The molecule has 1 aromatic carbocycles. The van der Waals surface area contributed by atoms with Gasteiger partial charge in [0.15, 0.2) is 0 Å².